The van der Waals surface area contributed by atoms with E-state index in [1.54, 1.807) is 11.3 Å². The van der Waals surface area contributed by atoms with Crippen molar-refractivity contribution in [2.75, 3.05) is 12.0 Å². The summed E-state index contributed by atoms with van der Waals surface area (Å²) < 4.78 is 0. The number of hydrogen-bond donors (Lipinski definition) is 2. The Morgan fingerprint density at radius 3 is 3.00 bits per heavy atom. The van der Waals surface area contributed by atoms with Gasteiger partial charge in [0.25, 0.3) is 0 Å². The fourth-order valence-corrected chi connectivity index (χ4v) is 3.13. The lowest BCUT2D eigenvalue weighted by molar-refractivity contribution is 0.185. The molecule has 0 radical (unpaired) electrons. The minimum Gasteiger partial charge on any atom is -0.298 e. The van der Waals surface area contributed by atoms with Gasteiger partial charge in [-0.3, -0.25) is 10.3 Å². The number of anilines is 1. The molecule has 2 heterocycles. The largest absolute Gasteiger partial charge is 0.298 e. The van der Waals surface area contributed by atoms with E-state index in [2.05, 4.69) is 27.4 Å². The van der Waals surface area contributed by atoms with Gasteiger partial charge in [0.15, 0.2) is 0 Å². The highest BCUT2D eigenvalue weighted by Crippen LogP contribution is 2.23. The third-order valence-corrected chi connectivity index (χ3v) is 4.24. The van der Waals surface area contributed by atoms with Gasteiger partial charge in [-0.05, 0) is 25.8 Å². The number of hydrazine groups is 1. The fourth-order valence-electron chi connectivity index (χ4n) is 2.46. The fraction of sp³-hybridized carbons (Fsp3) is 0.818. The lowest BCUT2D eigenvalue weighted by Crippen LogP contribution is -2.33. The summed E-state index contributed by atoms with van der Waals surface area (Å²) in [7, 11) is 0. The Morgan fingerprint density at radius 1 is 1.41 bits per heavy atom. The van der Waals surface area contributed by atoms with E-state index in [9.17, 15) is 0 Å². The number of rotatable bonds is 4. The van der Waals surface area contributed by atoms with Crippen molar-refractivity contribution >= 4 is 16.5 Å². The molecular weight excluding hydrogens is 234 g/mol. The Kier molecular flexibility index (Phi) is 4.70. The van der Waals surface area contributed by atoms with Crippen LogP contribution in [0.15, 0.2) is 0 Å². The second kappa shape index (κ2) is 6.28. The first kappa shape index (κ1) is 12.7. The average molecular weight is 255 g/mol. The minimum absolute atomic E-state index is 0.697. The van der Waals surface area contributed by atoms with Gasteiger partial charge in [-0.2, -0.15) is 0 Å². The van der Waals surface area contributed by atoms with Gasteiger partial charge in [0.1, 0.15) is 5.01 Å². The highest BCUT2D eigenvalue weighted by Gasteiger charge is 2.20. The molecule has 96 valence electrons. The Labute approximate surface area is 106 Å². The highest BCUT2D eigenvalue weighted by molar-refractivity contribution is 7.15. The van der Waals surface area contributed by atoms with Crippen molar-refractivity contribution < 1.29 is 0 Å². The first-order valence-corrected chi connectivity index (χ1v) is 7.18. The lowest BCUT2D eigenvalue weighted by atomic mass is 10.1. The maximum absolute atomic E-state index is 5.32. The smallest absolute Gasteiger partial charge is 0.219 e. The summed E-state index contributed by atoms with van der Waals surface area (Å²) in [6.07, 6.45) is 6.56. The quantitative estimate of drug-likeness (QED) is 0.636. The predicted octanol–water partition coefficient (Wildman–Crippen LogP) is 1.98. The number of likely N-dealkylation sites (tertiary alicyclic amines) is 1. The molecular formula is C11H21N5S. The molecule has 0 aliphatic carbocycles. The molecule has 1 unspecified atom stereocenters. The van der Waals surface area contributed by atoms with E-state index in [0.29, 0.717) is 11.2 Å². The maximum atomic E-state index is 5.32. The molecule has 1 aromatic heterocycles. The molecule has 6 heteroatoms. The lowest BCUT2D eigenvalue weighted by Gasteiger charge is -2.27. The third-order valence-electron chi connectivity index (χ3n) is 3.40. The molecule has 0 spiro atoms. The monoisotopic (exact) mass is 255 g/mol. The van der Waals surface area contributed by atoms with Crippen LogP contribution < -0.4 is 11.3 Å². The van der Waals surface area contributed by atoms with Gasteiger partial charge in [-0.1, -0.05) is 31.1 Å². The molecule has 0 saturated carbocycles. The summed E-state index contributed by atoms with van der Waals surface area (Å²) in [6, 6.07) is 0.704. The van der Waals surface area contributed by atoms with Crippen LogP contribution in [0.5, 0.6) is 0 Å². The summed E-state index contributed by atoms with van der Waals surface area (Å²) in [5.41, 5.74) is 2.55. The van der Waals surface area contributed by atoms with Gasteiger partial charge < -0.3 is 0 Å². The Bertz CT molecular complexity index is 340. The summed E-state index contributed by atoms with van der Waals surface area (Å²) in [4.78, 5) is 2.55. The molecule has 2 rings (SSSR count). The maximum Gasteiger partial charge on any atom is 0.219 e. The van der Waals surface area contributed by atoms with Crippen LogP contribution in [0, 0.1) is 0 Å². The zero-order valence-electron chi connectivity index (χ0n) is 10.4. The predicted molar refractivity (Wildman–Crippen MR) is 70.7 cm³/mol. The van der Waals surface area contributed by atoms with Crippen molar-refractivity contribution in [3.05, 3.63) is 5.01 Å². The van der Waals surface area contributed by atoms with Crippen LogP contribution in [0.2, 0.25) is 0 Å². The Hall–Kier alpha value is -0.720. The van der Waals surface area contributed by atoms with Crippen LogP contribution in [-0.4, -0.2) is 27.7 Å². The van der Waals surface area contributed by atoms with E-state index in [1.165, 1.54) is 38.6 Å². The number of nitrogens with zero attached hydrogens (tertiary/aromatic N) is 3. The molecule has 0 amide bonds. The van der Waals surface area contributed by atoms with Gasteiger partial charge in [0, 0.05) is 6.04 Å². The molecule has 1 aromatic rings. The van der Waals surface area contributed by atoms with Gasteiger partial charge in [0.05, 0.1) is 6.54 Å². The van der Waals surface area contributed by atoms with Crippen LogP contribution in [0.1, 0.15) is 44.0 Å². The molecule has 1 aliphatic rings. The molecule has 0 aromatic carbocycles. The van der Waals surface area contributed by atoms with Crippen LogP contribution in [0.3, 0.4) is 0 Å². The van der Waals surface area contributed by atoms with Crippen LogP contribution in [0.4, 0.5) is 5.13 Å². The third kappa shape index (κ3) is 3.37. The average Bonchev–Trinajstić information content (AvgIpc) is 2.68. The van der Waals surface area contributed by atoms with E-state index >= 15 is 0 Å². The molecule has 0 bridgehead atoms. The standard InChI is InChI=1S/C11H21N5S/c1-2-9-6-4-3-5-7-16(9)8-10-14-15-11(13-12)17-10/h9H,2-8,12H2,1H3,(H,13,15). The van der Waals surface area contributed by atoms with Crippen molar-refractivity contribution in [2.24, 2.45) is 5.84 Å². The Morgan fingerprint density at radius 2 is 2.29 bits per heavy atom. The van der Waals surface area contributed by atoms with Crippen molar-refractivity contribution in [1.29, 1.82) is 0 Å². The molecule has 1 saturated heterocycles. The molecule has 17 heavy (non-hydrogen) atoms. The van der Waals surface area contributed by atoms with Crippen LogP contribution in [-0.2, 0) is 6.54 Å². The SMILES string of the molecule is CCC1CCCCCN1Cc1nnc(NN)s1. The van der Waals surface area contributed by atoms with Crippen LogP contribution >= 0.6 is 11.3 Å². The molecule has 1 atom stereocenters. The first-order chi connectivity index (χ1) is 8.33. The van der Waals surface area contributed by atoms with Crippen molar-refractivity contribution in [3.63, 3.8) is 0 Å². The highest BCUT2D eigenvalue weighted by atomic mass is 32.1. The van der Waals surface area contributed by atoms with Gasteiger partial charge in [0.2, 0.25) is 5.13 Å². The van der Waals surface area contributed by atoms with Crippen molar-refractivity contribution in [2.45, 2.75) is 51.6 Å². The van der Waals surface area contributed by atoms with Crippen molar-refractivity contribution in [1.82, 2.24) is 15.1 Å². The molecule has 3 N–H and O–H groups in total. The van der Waals surface area contributed by atoms with E-state index in [-0.39, 0.29) is 0 Å². The normalized spacial score (nSPS) is 22.4. The number of nitrogens with one attached hydrogen (secondary N) is 1. The number of nitrogen functional groups attached to an aromatic ring is 1. The van der Waals surface area contributed by atoms with Crippen molar-refractivity contribution in [3.8, 4) is 0 Å². The summed E-state index contributed by atoms with van der Waals surface area (Å²) in [5.74, 6) is 5.32. The van der Waals surface area contributed by atoms with E-state index < -0.39 is 0 Å². The second-order valence-corrected chi connectivity index (χ2v) is 5.59. The minimum atomic E-state index is 0.697. The number of hydrogen-bond acceptors (Lipinski definition) is 6. The topological polar surface area (TPSA) is 67.1 Å². The molecule has 5 nitrogen and oxygen atoms in total. The zero-order valence-corrected chi connectivity index (χ0v) is 11.2. The van der Waals surface area contributed by atoms with Gasteiger partial charge in [-0.25, -0.2) is 5.84 Å². The van der Waals surface area contributed by atoms with Gasteiger partial charge >= 0.3 is 0 Å². The number of nitrogens with two attached hydrogens (primary N) is 1. The molecule has 1 aliphatic heterocycles. The second-order valence-electron chi connectivity index (χ2n) is 4.53. The van der Waals surface area contributed by atoms with Gasteiger partial charge in [-0.15, -0.1) is 10.2 Å². The summed E-state index contributed by atoms with van der Waals surface area (Å²) in [6.45, 7) is 4.37. The van der Waals surface area contributed by atoms with E-state index in [0.717, 1.165) is 11.6 Å². The van der Waals surface area contributed by atoms with E-state index in [4.69, 9.17) is 5.84 Å². The molecule has 1 fully saturated rings. The zero-order chi connectivity index (χ0) is 12.1. The summed E-state index contributed by atoms with van der Waals surface area (Å²) >= 11 is 1.55. The Balaban J connectivity index is 1.99. The van der Waals surface area contributed by atoms with Crippen LogP contribution in [0.25, 0.3) is 0 Å². The summed E-state index contributed by atoms with van der Waals surface area (Å²) in [5, 5.41) is 9.90. The first-order valence-electron chi connectivity index (χ1n) is 6.36. The van der Waals surface area contributed by atoms with E-state index in [1.807, 2.05) is 0 Å². The number of aromatic nitrogens is 2.